The number of likely N-dealkylation sites (tertiary alicyclic amines) is 1. The van der Waals surface area contributed by atoms with Gasteiger partial charge in [0, 0.05) is 38.0 Å². The summed E-state index contributed by atoms with van der Waals surface area (Å²) < 4.78 is 33.5. The molecule has 0 N–H and O–H groups in total. The van der Waals surface area contributed by atoms with Crippen molar-refractivity contribution in [2.75, 3.05) is 32.8 Å². The van der Waals surface area contributed by atoms with Gasteiger partial charge in [-0.1, -0.05) is 43.3 Å². The molecular formula is C24H32N2O5S. The summed E-state index contributed by atoms with van der Waals surface area (Å²) in [5, 5.41) is 1.54. The van der Waals surface area contributed by atoms with Crippen LogP contribution in [0.5, 0.6) is 0 Å². The van der Waals surface area contributed by atoms with E-state index in [2.05, 4.69) is 0 Å². The molecule has 1 amide bonds. The Hall–Kier alpha value is -2.45. The number of piperidine rings is 1. The monoisotopic (exact) mass is 460 g/mol. The zero-order valence-electron chi connectivity index (χ0n) is 18.8. The number of esters is 1. The second-order valence-corrected chi connectivity index (χ2v) is 9.97. The number of sulfonamides is 1. The Kier molecular flexibility index (Phi) is 8.26. The second-order valence-electron chi connectivity index (χ2n) is 8.06. The van der Waals surface area contributed by atoms with Gasteiger partial charge in [-0.2, -0.15) is 4.31 Å². The average Bonchev–Trinajstić information content (AvgIpc) is 2.81. The predicted molar refractivity (Wildman–Crippen MR) is 124 cm³/mol. The maximum absolute atomic E-state index is 13.5. The van der Waals surface area contributed by atoms with Crippen molar-refractivity contribution in [3.05, 3.63) is 42.5 Å². The van der Waals surface area contributed by atoms with Crippen LogP contribution in [0.15, 0.2) is 47.4 Å². The van der Waals surface area contributed by atoms with Crippen LogP contribution in [0.3, 0.4) is 0 Å². The lowest BCUT2D eigenvalue weighted by Crippen LogP contribution is -2.44. The van der Waals surface area contributed by atoms with Crippen molar-refractivity contribution in [2.45, 2.75) is 44.4 Å². The maximum atomic E-state index is 13.5. The van der Waals surface area contributed by atoms with Gasteiger partial charge in [0.05, 0.1) is 17.4 Å². The minimum Gasteiger partial charge on any atom is -0.466 e. The SMILES string of the molecule is CCCN(CCC(=O)N1CCCC(C(=O)OCC)C1)S(=O)(=O)c1cccc2ccccc12. The summed E-state index contributed by atoms with van der Waals surface area (Å²) >= 11 is 0. The fourth-order valence-electron chi connectivity index (χ4n) is 4.20. The summed E-state index contributed by atoms with van der Waals surface area (Å²) in [6.07, 6.45) is 2.18. The maximum Gasteiger partial charge on any atom is 0.310 e. The highest BCUT2D eigenvalue weighted by Gasteiger charge is 2.31. The summed E-state index contributed by atoms with van der Waals surface area (Å²) in [4.78, 5) is 26.9. The van der Waals surface area contributed by atoms with E-state index in [0.29, 0.717) is 44.5 Å². The van der Waals surface area contributed by atoms with Crippen LogP contribution in [0.4, 0.5) is 0 Å². The number of ether oxygens (including phenoxy) is 1. The van der Waals surface area contributed by atoms with Crippen molar-refractivity contribution in [1.82, 2.24) is 9.21 Å². The van der Waals surface area contributed by atoms with Crippen LogP contribution in [-0.4, -0.2) is 62.3 Å². The minimum atomic E-state index is -3.76. The Bertz CT molecular complexity index is 1050. The molecule has 1 aliphatic heterocycles. The van der Waals surface area contributed by atoms with Crippen LogP contribution in [0.1, 0.15) is 39.5 Å². The Morgan fingerprint density at radius 1 is 1.09 bits per heavy atom. The standard InChI is InChI=1S/C24H32N2O5S/c1-3-15-26(32(29,30)22-13-7-10-19-9-5-6-12-21(19)22)17-14-23(27)25-16-8-11-20(18-25)24(28)31-4-2/h5-7,9-10,12-13,20H,3-4,8,11,14-18H2,1-2H3. The first kappa shape index (κ1) is 24.2. The van der Waals surface area contributed by atoms with Crippen molar-refractivity contribution >= 4 is 32.7 Å². The van der Waals surface area contributed by atoms with Crippen molar-refractivity contribution in [1.29, 1.82) is 0 Å². The van der Waals surface area contributed by atoms with Crippen LogP contribution in [0.25, 0.3) is 10.8 Å². The van der Waals surface area contributed by atoms with Gasteiger partial charge in [-0.15, -0.1) is 0 Å². The van der Waals surface area contributed by atoms with E-state index in [-0.39, 0.29) is 35.7 Å². The van der Waals surface area contributed by atoms with Crippen LogP contribution in [-0.2, 0) is 24.3 Å². The molecule has 1 atom stereocenters. The summed E-state index contributed by atoms with van der Waals surface area (Å²) in [5.74, 6) is -0.705. The molecule has 0 spiro atoms. The lowest BCUT2D eigenvalue weighted by atomic mass is 9.98. The molecular weight excluding hydrogens is 428 g/mol. The lowest BCUT2D eigenvalue weighted by Gasteiger charge is -2.32. The second kappa shape index (κ2) is 10.9. The molecule has 1 heterocycles. The fourth-order valence-corrected chi connectivity index (χ4v) is 5.94. The summed E-state index contributed by atoms with van der Waals surface area (Å²) in [7, 11) is -3.76. The van der Waals surface area contributed by atoms with E-state index in [9.17, 15) is 18.0 Å². The highest BCUT2D eigenvalue weighted by Crippen LogP contribution is 2.26. The fraction of sp³-hybridized carbons (Fsp3) is 0.500. The predicted octanol–water partition coefficient (Wildman–Crippen LogP) is 3.43. The van der Waals surface area contributed by atoms with Gasteiger partial charge < -0.3 is 9.64 Å². The number of hydrogen-bond acceptors (Lipinski definition) is 5. The summed E-state index contributed by atoms with van der Waals surface area (Å²) in [6, 6.07) is 12.6. The zero-order chi connectivity index (χ0) is 23.1. The first-order chi connectivity index (χ1) is 15.4. The van der Waals surface area contributed by atoms with Gasteiger partial charge >= 0.3 is 5.97 Å². The number of nitrogens with zero attached hydrogens (tertiary/aromatic N) is 2. The highest BCUT2D eigenvalue weighted by atomic mass is 32.2. The third-order valence-corrected chi connectivity index (χ3v) is 7.77. The van der Waals surface area contributed by atoms with E-state index < -0.39 is 10.0 Å². The number of benzene rings is 2. The lowest BCUT2D eigenvalue weighted by molar-refractivity contribution is -0.151. The van der Waals surface area contributed by atoms with Crippen LogP contribution in [0, 0.1) is 5.92 Å². The molecule has 1 aliphatic rings. The molecule has 1 saturated heterocycles. The molecule has 0 aromatic heterocycles. The summed E-state index contributed by atoms with van der Waals surface area (Å²) in [5.41, 5.74) is 0. The first-order valence-corrected chi connectivity index (χ1v) is 12.7. The third kappa shape index (κ3) is 5.48. The van der Waals surface area contributed by atoms with Crippen LogP contribution >= 0.6 is 0 Å². The third-order valence-electron chi connectivity index (χ3n) is 5.81. The molecule has 8 heteroatoms. The van der Waals surface area contributed by atoms with E-state index in [1.807, 2.05) is 31.2 Å². The van der Waals surface area contributed by atoms with Gasteiger partial charge in [-0.25, -0.2) is 8.42 Å². The van der Waals surface area contributed by atoms with Crippen LogP contribution < -0.4 is 0 Å². The van der Waals surface area contributed by atoms with Gasteiger partial charge in [0.2, 0.25) is 15.9 Å². The van der Waals surface area contributed by atoms with Crippen molar-refractivity contribution in [3.63, 3.8) is 0 Å². The first-order valence-electron chi connectivity index (χ1n) is 11.3. The molecule has 0 bridgehead atoms. The van der Waals surface area contributed by atoms with Gasteiger partial charge in [-0.3, -0.25) is 9.59 Å². The van der Waals surface area contributed by atoms with Crippen molar-refractivity contribution < 1.29 is 22.7 Å². The molecule has 174 valence electrons. The van der Waals surface area contributed by atoms with E-state index in [0.717, 1.165) is 11.8 Å². The van der Waals surface area contributed by atoms with Gasteiger partial charge in [0.15, 0.2) is 0 Å². The Morgan fingerprint density at radius 3 is 2.59 bits per heavy atom. The van der Waals surface area contributed by atoms with Crippen molar-refractivity contribution in [3.8, 4) is 0 Å². The smallest absolute Gasteiger partial charge is 0.310 e. The Labute approximate surface area is 190 Å². The van der Waals surface area contributed by atoms with E-state index in [1.165, 1.54) is 4.31 Å². The Balaban J connectivity index is 1.72. The quantitative estimate of drug-likeness (QED) is 0.536. The number of amides is 1. The molecule has 0 aliphatic carbocycles. The number of fused-ring (bicyclic) bond motifs is 1. The van der Waals surface area contributed by atoms with E-state index in [4.69, 9.17) is 4.74 Å². The number of hydrogen-bond donors (Lipinski definition) is 0. The molecule has 7 nitrogen and oxygen atoms in total. The normalized spacial score (nSPS) is 17.0. The van der Waals surface area contributed by atoms with Gasteiger partial charge in [0.1, 0.15) is 0 Å². The largest absolute Gasteiger partial charge is 0.466 e. The van der Waals surface area contributed by atoms with Crippen LogP contribution in [0.2, 0.25) is 0 Å². The average molecular weight is 461 g/mol. The number of carbonyl (C=O) groups is 2. The highest BCUT2D eigenvalue weighted by molar-refractivity contribution is 7.89. The summed E-state index contributed by atoms with van der Waals surface area (Å²) in [6.45, 7) is 5.37. The van der Waals surface area contributed by atoms with Gasteiger partial charge in [-0.05, 0) is 37.6 Å². The molecule has 32 heavy (non-hydrogen) atoms. The molecule has 3 rings (SSSR count). The van der Waals surface area contributed by atoms with E-state index >= 15 is 0 Å². The molecule has 2 aromatic rings. The molecule has 2 aromatic carbocycles. The number of carbonyl (C=O) groups excluding carboxylic acids is 2. The van der Waals surface area contributed by atoms with E-state index in [1.54, 1.807) is 30.0 Å². The topological polar surface area (TPSA) is 84.0 Å². The minimum absolute atomic E-state index is 0.0829. The molecule has 0 radical (unpaired) electrons. The molecule has 1 fully saturated rings. The zero-order valence-corrected chi connectivity index (χ0v) is 19.6. The van der Waals surface area contributed by atoms with Crippen molar-refractivity contribution in [2.24, 2.45) is 5.92 Å². The molecule has 1 unspecified atom stereocenters. The Morgan fingerprint density at radius 2 is 1.84 bits per heavy atom. The number of rotatable bonds is 9. The molecule has 0 saturated carbocycles. The van der Waals surface area contributed by atoms with Gasteiger partial charge in [0.25, 0.3) is 0 Å².